The maximum absolute atomic E-state index is 11.8. The van der Waals surface area contributed by atoms with Gasteiger partial charge < -0.3 is 14.8 Å². The Labute approximate surface area is 130 Å². The minimum absolute atomic E-state index is 0.232. The summed E-state index contributed by atoms with van der Waals surface area (Å²) in [7, 11) is 1.29. The number of amides is 1. The average Bonchev–Trinajstić information content (AvgIpc) is 3.00. The van der Waals surface area contributed by atoms with Crippen LogP contribution in [0.2, 0.25) is 0 Å². The molecule has 1 amide bonds. The normalized spacial score (nSPS) is 9.64. The van der Waals surface area contributed by atoms with Gasteiger partial charge in [0.05, 0.1) is 17.7 Å². The Balaban J connectivity index is 1.92. The standard InChI is InChI=1S/C15H12N2O4S/c1-20-15(19)12-6-7-14(22-12)17-13(18)9-21-11-5-3-2-4-10(11)8-16/h2-7H,9H2,1H3,(H,17,18). The van der Waals surface area contributed by atoms with E-state index in [0.717, 1.165) is 11.3 Å². The van der Waals surface area contributed by atoms with Crippen LogP contribution in [0, 0.1) is 11.3 Å². The van der Waals surface area contributed by atoms with E-state index in [-0.39, 0.29) is 12.5 Å². The number of benzene rings is 1. The summed E-state index contributed by atoms with van der Waals surface area (Å²) in [6.07, 6.45) is 0. The molecule has 1 aromatic heterocycles. The van der Waals surface area contributed by atoms with E-state index in [4.69, 9.17) is 10.00 Å². The number of methoxy groups -OCH3 is 1. The van der Waals surface area contributed by atoms with Gasteiger partial charge in [-0.25, -0.2) is 4.79 Å². The topological polar surface area (TPSA) is 88.4 Å². The SMILES string of the molecule is COC(=O)c1ccc(NC(=O)COc2ccccc2C#N)s1. The molecule has 0 saturated heterocycles. The number of carbonyl (C=O) groups excluding carboxylic acids is 2. The summed E-state index contributed by atoms with van der Waals surface area (Å²) >= 11 is 1.11. The van der Waals surface area contributed by atoms with Crippen LogP contribution in [0.5, 0.6) is 5.75 Å². The van der Waals surface area contributed by atoms with E-state index >= 15 is 0 Å². The number of anilines is 1. The van der Waals surface area contributed by atoms with Gasteiger partial charge in [0.25, 0.3) is 5.91 Å². The molecular formula is C15H12N2O4S. The zero-order chi connectivity index (χ0) is 15.9. The number of hydrogen-bond acceptors (Lipinski definition) is 6. The molecule has 112 valence electrons. The average molecular weight is 316 g/mol. The predicted molar refractivity (Wildman–Crippen MR) is 80.9 cm³/mol. The van der Waals surface area contributed by atoms with Gasteiger partial charge in [0, 0.05) is 0 Å². The van der Waals surface area contributed by atoms with Gasteiger partial charge in [-0.05, 0) is 24.3 Å². The second-order valence-electron chi connectivity index (χ2n) is 4.10. The molecule has 1 N–H and O–H groups in total. The zero-order valence-electron chi connectivity index (χ0n) is 11.7. The number of rotatable bonds is 5. The fraction of sp³-hybridized carbons (Fsp3) is 0.133. The smallest absolute Gasteiger partial charge is 0.348 e. The molecular weight excluding hydrogens is 304 g/mol. The maximum atomic E-state index is 11.8. The van der Waals surface area contributed by atoms with Crippen molar-refractivity contribution in [2.24, 2.45) is 0 Å². The number of hydrogen-bond donors (Lipinski definition) is 1. The first-order chi connectivity index (χ1) is 10.6. The molecule has 0 fully saturated rings. The molecule has 7 heteroatoms. The first-order valence-corrected chi connectivity index (χ1v) is 7.05. The number of nitrogens with zero attached hydrogens (tertiary/aromatic N) is 1. The first-order valence-electron chi connectivity index (χ1n) is 6.24. The van der Waals surface area contributed by atoms with E-state index in [9.17, 15) is 9.59 Å². The van der Waals surface area contributed by atoms with Gasteiger partial charge in [-0.15, -0.1) is 11.3 Å². The largest absolute Gasteiger partial charge is 0.482 e. The Kier molecular flexibility index (Phi) is 5.11. The van der Waals surface area contributed by atoms with Gasteiger partial charge in [-0.1, -0.05) is 12.1 Å². The molecule has 0 radical (unpaired) electrons. The molecule has 0 unspecified atom stereocenters. The molecule has 0 atom stereocenters. The first kappa shape index (κ1) is 15.5. The second-order valence-corrected chi connectivity index (χ2v) is 5.18. The fourth-order valence-corrected chi connectivity index (χ4v) is 2.46. The Morgan fingerprint density at radius 2 is 2.05 bits per heavy atom. The number of ether oxygens (including phenoxy) is 2. The molecule has 1 heterocycles. The van der Waals surface area contributed by atoms with Gasteiger partial charge in [0.15, 0.2) is 6.61 Å². The van der Waals surface area contributed by atoms with Crippen LogP contribution in [-0.4, -0.2) is 25.6 Å². The second kappa shape index (κ2) is 7.24. The van der Waals surface area contributed by atoms with Gasteiger partial charge in [-0.3, -0.25) is 4.79 Å². The van der Waals surface area contributed by atoms with Crippen LogP contribution in [0.25, 0.3) is 0 Å². The van der Waals surface area contributed by atoms with Crippen molar-refractivity contribution in [1.82, 2.24) is 0 Å². The lowest BCUT2D eigenvalue weighted by Gasteiger charge is -2.07. The van der Waals surface area contributed by atoms with Crippen molar-refractivity contribution in [3.63, 3.8) is 0 Å². The van der Waals surface area contributed by atoms with Gasteiger partial charge in [-0.2, -0.15) is 5.26 Å². The molecule has 0 bridgehead atoms. The fourth-order valence-electron chi connectivity index (χ4n) is 1.62. The van der Waals surface area contributed by atoms with Gasteiger partial charge in [0.1, 0.15) is 16.7 Å². The van der Waals surface area contributed by atoms with Crippen molar-refractivity contribution in [1.29, 1.82) is 5.26 Å². The van der Waals surface area contributed by atoms with Crippen LogP contribution >= 0.6 is 11.3 Å². The van der Waals surface area contributed by atoms with Crippen molar-refractivity contribution in [3.8, 4) is 11.8 Å². The highest BCUT2D eigenvalue weighted by molar-refractivity contribution is 7.18. The molecule has 22 heavy (non-hydrogen) atoms. The summed E-state index contributed by atoms with van der Waals surface area (Å²) in [4.78, 5) is 23.5. The molecule has 0 spiro atoms. The lowest BCUT2D eigenvalue weighted by molar-refractivity contribution is -0.118. The number of para-hydroxylation sites is 1. The molecule has 0 aliphatic rings. The molecule has 1 aromatic carbocycles. The van der Waals surface area contributed by atoms with Crippen LogP contribution < -0.4 is 10.1 Å². The Bertz CT molecular complexity index is 733. The lowest BCUT2D eigenvalue weighted by Crippen LogP contribution is -2.19. The Morgan fingerprint density at radius 3 is 2.77 bits per heavy atom. The lowest BCUT2D eigenvalue weighted by atomic mass is 10.2. The zero-order valence-corrected chi connectivity index (χ0v) is 12.5. The minimum atomic E-state index is -0.454. The van der Waals surface area contributed by atoms with Crippen LogP contribution in [0.3, 0.4) is 0 Å². The Hall–Kier alpha value is -2.85. The molecule has 2 aromatic rings. The van der Waals surface area contributed by atoms with Gasteiger partial charge >= 0.3 is 5.97 Å². The quantitative estimate of drug-likeness (QED) is 0.856. The molecule has 2 rings (SSSR count). The summed E-state index contributed by atoms with van der Waals surface area (Å²) in [6.45, 7) is -0.232. The maximum Gasteiger partial charge on any atom is 0.348 e. The van der Waals surface area contributed by atoms with E-state index in [2.05, 4.69) is 10.1 Å². The van der Waals surface area contributed by atoms with Crippen LogP contribution in [0.4, 0.5) is 5.00 Å². The van der Waals surface area contributed by atoms with Crippen molar-refractivity contribution >= 4 is 28.2 Å². The van der Waals surface area contributed by atoms with Crippen molar-refractivity contribution in [2.45, 2.75) is 0 Å². The summed E-state index contributed by atoms with van der Waals surface area (Å²) in [5.41, 5.74) is 0.361. The molecule has 0 aliphatic heterocycles. The van der Waals surface area contributed by atoms with Crippen LogP contribution in [-0.2, 0) is 9.53 Å². The third-order valence-electron chi connectivity index (χ3n) is 2.62. The van der Waals surface area contributed by atoms with E-state index in [0.29, 0.717) is 21.2 Å². The van der Waals surface area contributed by atoms with Crippen LogP contribution in [0.1, 0.15) is 15.2 Å². The molecule has 0 aliphatic carbocycles. The number of esters is 1. The van der Waals surface area contributed by atoms with E-state index < -0.39 is 5.97 Å². The third-order valence-corrected chi connectivity index (χ3v) is 3.60. The monoisotopic (exact) mass is 316 g/mol. The van der Waals surface area contributed by atoms with E-state index in [1.807, 2.05) is 6.07 Å². The third kappa shape index (κ3) is 3.84. The van der Waals surface area contributed by atoms with E-state index in [1.54, 1.807) is 36.4 Å². The Morgan fingerprint density at radius 1 is 1.27 bits per heavy atom. The van der Waals surface area contributed by atoms with Crippen molar-refractivity contribution in [3.05, 3.63) is 46.8 Å². The number of nitrogens with one attached hydrogen (secondary N) is 1. The van der Waals surface area contributed by atoms with Crippen LogP contribution in [0.15, 0.2) is 36.4 Å². The minimum Gasteiger partial charge on any atom is -0.482 e. The van der Waals surface area contributed by atoms with E-state index in [1.165, 1.54) is 7.11 Å². The summed E-state index contributed by atoms with van der Waals surface area (Å²) in [5.74, 6) is -0.489. The molecule has 6 nitrogen and oxygen atoms in total. The van der Waals surface area contributed by atoms with Crippen molar-refractivity contribution < 1.29 is 19.1 Å². The number of nitriles is 1. The summed E-state index contributed by atoms with van der Waals surface area (Å²) in [6, 6.07) is 11.8. The highest BCUT2D eigenvalue weighted by Crippen LogP contribution is 2.22. The van der Waals surface area contributed by atoms with Crippen molar-refractivity contribution in [2.75, 3.05) is 19.0 Å². The summed E-state index contributed by atoms with van der Waals surface area (Å²) in [5, 5.41) is 12.1. The number of thiophene rings is 1. The predicted octanol–water partition coefficient (Wildman–Crippen LogP) is 2.42. The summed E-state index contributed by atoms with van der Waals surface area (Å²) < 4.78 is 9.90. The highest BCUT2D eigenvalue weighted by Gasteiger charge is 2.11. The number of carbonyl (C=O) groups is 2. The highest BCUT2D eigenvalue weighted by atomic mass is 32.1. The molecule has 0 saturated carbocycles. The van der Waals surface area contributed by atoms with Gasteiger partial charge in [0.2, 0.25) is 0 Å².